The number of ether oxygens (including phenoxy) is 1. The van der Waals surface area contributed by atoms with E-state index in [4.69, 9.17) is 9.72 Å². The Kier molecular flexibility index (Phi) is 6.86. The Morgan fingerprint density at radius 1 is 1.00 bits per heavy atom. The second-order valence-corrected chi connectivity index (χ2v) is 9.40. The summed E-state index contributed by atoms with van der Waals surface area (Å²) in [4.78, 5) is 45.0. The van der Waals surface area contributed by atoms with Gasteiger partial charge in [-0.1, -0.05) is 36.1 Å². The number of nitrogens with zero attached hydrogens (tertiary/aromatic N) is 7. The Balaban J connectivity index is 1.46. The van der Waals surface area contributed by atoms with Gasteiger partial charge in [0.15, 0.2) is 5.65 Å². The Morgan fingerprint density at radius 3 is 2.55 bits per heavy atom. The van der Waals surface area contributed by atoms with Gasteiger partial charge >= 0.3 is 6.01 Å². The average molecular weight is 557 g/mol. The first-order valence-corrected chi connectivity index (χ1v) is 13.0. The third-order valence-corrected chi connectivity index (χ3v) is 6.62. The van der Waals surface area contributed by atoms with Crippen molar-refractivity contribution in [2.45, 2.75) is 19.9 Å². The summed E-state index contributed by atoms with van der Waals surface area (Å²) in [6, 6.07) is 15.8. The van der Waals surface area contributed by atoms with Crippen LogP contribution in [-0.2, 0) is 0 Å². The van der Waals surface area contributed by atoms with E-state index in [1.807, 2.05) is 30.3 Å². The lowest BCUT2D eigenvalue weighted by molar-refractivity contribution is 0.0938. The van der Waals surface area contributed by atoms with Crippen LogP contribution in [-0.4, -0.2) is 47.1 Å². The molecule has 1 atom stereocenters. The highest BCUT2D eigenvalue weighted by molar-refractivity contribution is 6.01. The molecule has 0 saturated heterocycles. The normalized spacial score (nSPS) is 11.6. The molecule has 4 heterocycles. The predicted molar refractivity (Wildman–Crippen MR) is 156 cm³/mol. The fourth-order valence-corrected chi connectivity index (χ4v) is 4.69. The number of carbonyl (C=O) groups is 1. The maximum atomic E-state index is 14.2. The van der Waals surface area contributed by atoms with E-state index in [1.54, 1.807) is 67.4 Å². The number of nitrogens with one attached hydrogen (secondary N) is 1. The quantitative estimate of drug-likeness (QED) is 0.320. The molecular formula is C31H24N8O3. The highest BCUT2D eigenvalue weighted by Gasteiger charge is 2.24. The van der Waals surface area contributed by atoms with E-state index in [2.05, 4.69) is 37.2 Å². The zero-order valence-electron chi connectivity index (χ0n) is 22.9. The molecule has 0 aliphatic rings. The molecule has 2 aromatic carbocycles. The molecular weight excluding hydrogens is 532 g/mol. The second-order valence-electron chi connectivity index (χ2n) is 9.40. The molecule has 6 aromatic rings. The molecule has 0 aliphatic heterocycles. The molecule has 1 amide bonds. The largest absolute Gasteiger partial charge is 0.467 e. The monoisotopic (exact) mass is 556 g/mol. The van der Waals surface area contributed by atoms with Crippen LogP contribution in [0.1, 0.15) is 46.0 Å². The van der Waals surface area contributed by atoms with Crippen molar-refractivity contribution in [2.24, 2.45) is 0 Å². The standard InChI is InChI=1S/C31H24N8O3/c1-19-25(28-32-15-8-16-38(28)37-19)29(40)35-20(2)27-36-24-12-7-9-22(14-13-21-17-33-31(42-3)34-18-21)26(24)30(41)39(27)23-10-5-4-6-11-23/h4-12,15-18,20H,1-3H3,(H,35,40)/t20-/m0/s1. The molecule has 0 bridgehead atoms. The van der Waals surface area contributed by atoms with Gasteiger partial charge < -0.3 is 10.1 Å². The van der Waals surface area contributed by atoms with Crippen molar-refractivity contribution in [1.82, 2.24) is 39.4 Å². The third kappa shape index (κ3) is 4.82. The van der Waals surface area contributed by atoms with Crippen LogP contribution in [0.2, 0.25) is 0 Å². The lowest BCUT2D eigenvalue weighted by Crippen LogP contribution is -2.33. The number of para-hydroxylation sites is 1. The van der Waals surface area contributed by atoms with E-state index in [0.29, 0.717) is 50.4 Å². The van der Waals surface area contributed by atoms with Crippen molar-refractivity contribution in [3.63, 3.8) is 0 Å². The van der Waals surface area contributed by atoms with Gasteiger partial charge in [-0.05, 0) is 44.2 Å². The lowest BCUT2D eigenvalue weighted by atomic mass is 10.1. The third-order valence-electron chi connectivity index (χ3n) is 6.62. The summed E-state index contributed by atoms with van der Waals surface area (Å²) in [7, 11) is 1.49. The first-order chi connectivity index (χ1) is 20.4. The summed E-state index contributed by atoms with van der Waals surface area (Å²) in [5, 5.41) is 7.74. The fourth-order valence-electron chi connectivity index (χ4n) is 4.69. The minimum atomic E-state index is -0.654. The van der Waals surface area contributed by atoms with Crippen LogP contribution in [0.4, 0.5) is 0 Å². The van der Waals surface area contributed by atoms with Gasteiger partial charge in [-0.3, -0.25) is 14.2 Å². The highest BCUT2D eigenvalue weighted by atomic mass is 16.5. The molecule has 1 N–H and O–H groups in total. The van der Waals surface area contributed by atoms with E-state index < -0.39 is 6.04 Å². The number of carbonyl (C=O) groups excluding carboxylic acids is 1. The molecule has 11 nitrogen and oxygen atoms in total. The van der Waals surface area contributed by atoms with Gasteiger partial charge in [0.25, 0.3) is 11.5 Å². The number of rotatable bonds is 5. The van der Waals surface area contributed by atoms with Crippen molar-refractivity contribution in [3.05, 3.63) is 118 Å². The van der Waals surface area contributed by atoms with Crippen LogP contribution < -0.4 is 15.6 Å². The summed E-state index contributed by atoms with van der Waals surface area (Å²) >= 11 is 0. The number of benzene rings is 2. The average Bonchev–Trinajstić information content (AvgIpc) is 3.36. The van der Waals surface area contributed by atoms with Gasteiger partial charge in [0, 0.05) is 30.4 Å². The van der Waals surface area contributed by atoms with E-state index in [0.717, 1.165) is 0 Å². The van der Waals surface area contributed by atoms with Gasteiger partial charge in [-0.15, -0.1) is 0 Å². The molecule has 0 spiro atoms. The molecule has 0 unspecified atom stereocenters. The summed E-state index contributed by atoms with van der Waals surface area (Å²) < 4.78 is 8.07. The molecule has 4 aromatic heterocycles. The molecule has 0 radical (unpaired) electrons. The number of hydrogen-bond acceptors (Lipinski definition) is 8. The van der Waals surface area contributed by atoms with Gasteiger partial charge in [-0.2, -0.15) is 5.10 Å². The Bertz CT molecular complexity index is 2070. The Morgan fingerprint density at radius 2 is 1.79 bits per heavy atom. The fraction of sp³-hybridized carbons (Fsp3) is 0.129. The minimum Gasteiger partial charge on any atom is -0.467 e. The molecule has 42 heavy (non-hydrogen) atoms. The Labute approximate surface area is 239 Å². The van der Waals surface area contributed by atoms with Gasteiger partial charge in [0.2, 0.25) is 0 Å². The van der Waals surface area contributed by atoms with Crippen molar-refractivity contribution < 1.29 is 9.53 Å². The van der Waals surface area contributed by atoms with Crippen LogP contribution in [0, 0.1) is 18.8 Å². The number of aromatic nitrogens is 7. The highest BCUT2D eigenvalue weighted by Crippen LogP contribution is 2.21. The summed E-state index contributed by atoms with van der Waals surface area (Å²) in [6.45, 7) is 3.54. The summed E-state index contributed by atoms with van der Waals surface area (Å²) in [6.07, 6.45) is 6.44. The van der Waals surface area contributed by atoms with E-state index in [-0.39, 0.29) is 17.5 Å². The SMILES string of the molecule is COc1ncc(C#Cc2cccc3nc([C@H](C)NC(=O)c4c(C)nn5cccnc45)n(-c4ccccc4)c(=O)c23)cn1. The molecule has 11 heteroatoms. The lowest BCUT2D eigenvalue weighted by Gasteiger charge is -2.20. The van der Waals surface area contributed by atoms with Crippen molar-refractivity contribution in [1.29, 1.82) is 0 Å². The van der Waals surface area contributed by atoms with E-state index >= 15 is 0 Å². The van der Waals surface area contributed by atoms with Crippen molar-refractivity contribution in [2.75, 3.05) is 7.11 Å². The smallest absolute Gasteiger partial charge is 0.316 e. The topological polar surface area (TPSA) is 129 Å². The van der Waals surface area contributed by atoms with Crippen LogP contribution in [0.25, 0.3) is 22.2 Å². The maximum absolute atomic E-state index is 14.2. The van der Waals surface area contributed by atoms with Gasteiger partial charge in [-0.25, -0.2) is 24.5 Å². The van der Waals surface area contributed by atoms with Crippen molar-refractivity contribution in [3.8, 4) is 23.5 Å². The Hall–Kier alpha value is -5.89. The first kappa shape index (κ1) is 26.3. The first-order valence-electron chi connectivity index (χ1n) is 13.0. The molecule has 0 fully saturated rings. The number of fused-ring (bicyclic) bond motifs is 2. The summed E-state index contributed by atoms with van der Waals surface area (Å²) in [5.41, 5.74) is 3.15. The van der Waals surface area contributed by atoms with Gasteiger partial charge in [0.05, 0.1) is 41.0 Å². The second kappa shape index (κ2) is 10.9. The van der Waals surface area contributed by atoms with Crippen LogP contribution in [0.5, 0.6) is 6.01 Å². The van der Waals surface area contributed by atoms with E-state index in [1.165, 1.54) is 11.7 Å². The summed E-state index contributed by atoms with van der Waals surface area (Å²) in [5.74, 6) is 6.08. The zero-order chi connectivity index (χ0) is 29.2. The van der Waals surface area contributed by atoms with Crippen LogP contribution in [0.3, 0.4) is 0 Å². The molecule has 0 aliphatic carbocycles. The van der Waals surface area contributed by atoms with Crippen LogP contribution in [0.15, 0.2) is 84.2 Å². The minimum absolute atomic E-state index is 0.238. The zero-order valence-corrected chi connectivity index (χ0v) is 22.9. The molecule has 0 saturated carbocycles. The number of aryl methyl sites for hydroxylation is 1. The van der Waals surface area contributed by atoms with E-state index in [9.17, 15) is 9.59 Å². The van der Waals surface area contributed by atoms with Crippen molar-refractivity contribution >= 4 is 22.5 Å². The maximum Gasteiger partial charge on any atom is 0.316 e. The number of amides is 1. The van der Waals surface area contributed by atoms with Gasteiger partial charge in [0.1, 0.15) is 11.4 Å². The molecule has 206 valence electrons. The predicted octanol–water partition coefficient (Wildman–Crippen LogP) is 3.43. The van der Waals surface area contributed by atoms with Crippen LogP contribution >= 0.6 is 0 Å². The number of hydrogen-bond donors (Lipinski definition) is 1. The molecule has 6 rings (SSSR count). The number of methoxy groups -OCH3 is 1.